The van der Waals surface area contributed by atoms with E-state index in [9.17, 15) is 13.2 Å². The van der Waals surface area contributed by atoms with Gasteiger partial charge >= 0.3 is 0 Å². The topological polar surface area (TPSA) is 83.7 Å². The van der Waals surface area contributed by atoms with Crippen LogP contribution in [0.2, 0.25) is 0 Å². The molecule has 3 unspecified atom stereocenters. The first-order valence-electron chi connectivity index (χ1n) is 9.43. The zero-order valence-corrected chi connectivity index (χ0v) is 17.2. The zero-order chi connectivity index (χ0) is 18.9. The Balaban J connectivity index is 1.74. The fraction of sp³-hybridized carbons (Fsp3) is 0.722. The molecule has 2 aliphatic heterocycles. The average Bonchev–Trinajstić information content (AvgIpc) is 3.08. The summed E-state index contributed by atoms with van der Waals surface area (Å²) in [7, 11) is -3.51. The second-order valence-electron chi connectivity index (χ2n) is 7.52. The van der Waals surface area contributed by atoms with Crippen molar-refractivity contribution >= 4 is 27.3 Å². The van der Waals surface area contributed by atoms with E-state index in [0.29, 0.717) is 10.8 Å². The molecule has 146 valence electrons. The standard InChI is InChI=1S/C18H29N3O3S2/c1-13-8-9-17(25-13)26(23,24)20-10-5-6-15(12-20)18(22)21-11-4-3-7-16(21)14(2)19/h8-9,14-16H,3-7,10-12,19H2,1-2H3. The number of piperidine rings is 2. The van der Waals surface area contributed by atoms with Gasteiger partial charge in [-0.2, -0.15) is 4.31 Å². The van der Waals surface area contributed by atoms with Gasteiger partial charge in [-0.05, 0) is 58.1 Å². The number of carbonyl (C=O) groups is 1. The van der Waals surface area contributed by atoms with Crippen LogP contribution in [-0.4, -0.2) is 55.2 Å². The lowest BCUT2D eigenvalue weighted by atomic mass is 9.92. The average molecular weight is 400 g/mol. The molecule has 2 fully saturated rings. The van der Waals surface area contributed by atoms with Crippen LogP contribution in [0.25, 0.3) is 0 Å². The van der Waals surface area contributed by atoms with Crippen molar-refractivity contribution in [2.45, 2.75) is 62.2 Å². The van der Waals surface area contributed by atoms with Crippen molar-refractivity contribution < 1.29 is 13.2 Å². The minimum absolute atomic E-state index is 0.0585. The van der Waals surface area contributed by atoms with Gasteiger partial charge in [0.15, 0.2) is 0 Å². The molecule has 0 saturated carbocycles. The van der Waals surface area contributed by atoms with Crippen molar-refractivity contribution in [3.05, 3.63) is 17.0 Å². The number of amides is 1. The van der Waals surface area contributed by atoms with Gasteiger partial charge in [0, 0.05) is 36.6 Å². The van der Waals surface area contributed by atoms with Crippen molar-refractivity contribution in [1.82, 2.24) is 9.21 Å². The molecule has 2 aliphatic rings. The van der Waals surface area contributed by atoms with E-state index in [-0.39, 0.29) is 30.5 Å². The van der Waals surface area contributed by atoms with Crippen LogP contribution in [-0.2, 0) is 14.8 Å². The zero-order valence-electron chi connectivity index (χ0n) is 15.6. The van der Waals surface area contributed by atoms with Crippen molar-refractivity contribution in [2.75, 3.05) is 19.6 Å². The third-order valence-corrected chi connectivity index (χ3v) is 8.82. The maximum absolute atomic E-state index is 13.1. The van der Waals surface area contributed by atoms with E-state index < -0.39 is 10.0 Å². The Hall–Kier alpha value is -0.960. The largest absolute Gasteiger partial charge is 0.338 e. The first kappa shape index (κ1) is 19.8. The molecular weight excluding hydrogens is 370 g/mol. The molecule has 0 radical (unpaired) electrons. The summed E-state index contributed by atoms with van der Waals surface area (Å²) in [5.74, 6) is -0.187. The molecular formula is C18H29N3O3S2. The van der Waals surface area contributed by atoms with Crippen LogP contribution in [0.5, 0.6) is 0 Å². The lowest BCUT2D eigenvalue weighted by Gasteiger charge is -2.41. The van der Waals surface area contributed by atoms with Gasteiger partial charge in [0.2, 0.25) is 5.91 Å². The number of nitrogens with zero attached hydrogens (tertiary/aromatic N) is 2. The van der Waals surface area contributed by atoms with Gasteiger partial charge in [-0.25, -0.2) is 8.42 Å². The molecule has 1 aromatic rings. The number of aryl methyl sites for hydroxylation is 1. The molecule has 26 heavy (non-hydrogen) atoms. The first-order valence-corrected chi connectivity index (χ1v) is 11.7. The van der Waals surface area contributed by atoms with Crippen LogP contribution in [0, 0.1) is 12.8 Å². The summed E-state index contributed by atoms with van der Waals surface area (Å²) >= 11 is 1.29. The van der Waals surface area contributed by atoms with Crippen LogP contribution in [0.15, 0.2) is 16.3 Å². The Morgan fingerprint density at radius 1 is 1.23 bits per heavy atom. The summed E-state index contributed by atoms with van der Waals surface area (Å²) < 4.78 is 27.7. The van der Waals surface area contributed by atoms with Gasteiger partial charge in [0.1, 0.15) is 4.21 Å². The highest BCUT2D eigenvalue weighted by Gasteiger charge is 2.38. The van der Waals surface area contributed by atoms with E-state index in [1.165, 1.54) is 15.6 Å². The van der Waals surface area contributed by atoms with E-state index in [1.807, 2.05) is 24.8 Å². The summed E-state index contributed by atoms with van der Waals surface area (Å²) in [5, 5.41) is 0. The fourth-order valence-corrected chi connectivity index (χ4v) is 7.01. The number of hydrogen-bond acceptors (Lipinski definition) is 5. The molecule has 3 heterocycles. The molecule has 6 nitrogen and oxygen atoms in total. The molecule has 3 atom stereocenters. The highest BCUT2D eigenvalue weighted by Crippen LogP contribution is 2.30. The van der Waals surface area contributed by atoms with Crippen LogP contribution in [0.1, 0.15) is 43.9 Å². The summed E-state index contributed by atoms with van der Waals surface area (Å²) in [6.45, 7) is 5.35. The van der Waals surface area contributed by atoms with Gasteiger partial charge in [-0.1, -0.05) is 0 Å². The molecule has 3 rings (SSSR count). The predicted molar refractivity (Wildman–Crippen MR) is 104 cm³/mol. The first-order chi connectivity index (χ1) is 12.3. The van der Waals surface area contributed by atoms with E-state index in [4.69, 9.17) is 5.73 Å². The monoisotopic (exact) mass is 399 g/mol. The Morgan fingerprint density at radius 2 is 2.00 bits per heavy atom. The highest BCUT2D eigenvalue weighted by atomic mass is 32.2. The third kappa shape index (κ3) is 3.98. The molecule has 2 saturated heterocycles. The Labute approximate surface area is 160 Å². The van der Waals surface area contributed by atoms with Crippen LogP contribution in [0.4, 0.5) is 0 Å². The maximum atomic E-state index is 13.1. The molecule has 0 spiro atoms. The molecule has 1 amide bonds. The fourth-order valence-electron chi connectivity index (χ4n) is 4.05. The number of rotatable bonds is 4. The number of likely N-dealkylation sites (tertiary alicyclic amines) is 1. The minimum atomic E-state index is -3.51. The summed E-state index contributed by atoms with van der Waals surface area (Å²) in [6.07, 6.45) is 4.50. The summed E-state index contributed by atoms with van der Waals surface area (Å²) in [5.41, 5.74) is 6.10. The Kier molecular flexibility index (Phi) is 6.06. The smallest absolute Gasteiger partial charge is 0.252 e. The Morgan fingerprint density at radius 3 is 2.65 bits per heavy atom. The van der Waals surface area contributed by atoms with Crippen LogP contribution < -0.4 is 5.73 Å². The van der Waals surface area contributed by atoms with E-state index in [0.717, 1.165) is 43.5 Å². The molecule has 2 N–H and O–H groups in total. The second-order valence-corrected chi connectivity index (χ2v) is 11.0. The van der Waals surface area contributed by atoms with Crippen molar-refractivity contribution in [3.63, 3.8) is 0 Å². The number of sulfonamides is 1. The molecule has 1 aromatic heterocycles. The molecule has 0 aromatic carbocycles. The lowest BCUT2D eigenvalue weighted by molar-refractivity contribution is -0.141. The number of thiophene rings is 1. The summed E-state index contributed by atoms with van der Waals surface area (Å²) in [4.78, 5) is 16.0. The normalized spacial score (nSPS) is 26.7. The van der Waals surface area contributed by atoms with Crippen LogP contribution >= 0.6 is 11.3 Å². The van der Waals surface area contributed by atoms with Gasteiger partial charge < -0.3 is 10.6 Å². The number of carbonyl (C=O) groups excluding carboxylic acids is 1. The predicted octanol–water partition coefficient (Wildman–Crippen LogP) is 2.19. The molecule has 8 heteroatoms. The minimum Gasteiger partial charge on any atom is -0.338 e. The van der Waals surface area contributed by atoms with Gasteiger partial charge in [0.05, 0.1) is 5.92 Å². The SMILES string of the molecule is Cc1ccc(S(=O)(=O)N2CCCC(C(=O)N3CCCCC3C(C)N)C2)s1. The number of nitrogens with two attached hydrogens (primary N) is 1. The van der Waals surface area contributed by atoms with Crippen molar-refractivity contribution in [2.24, 2.45) is 11.7 Å². The van der Waals surface area contributed by atoms with Crippen molar-refractivity contribution in [3.8, 4) is 0 Å². The number of hydrogen-bond donors (Lipinski definition) is 1. The van der Waals surface area contributed by atoms with E-state index in [1.54, 1.807) is 6.07 Å². The highest BCUT2D eigenvalue weighted by molar-refractivity contribution is 7.91. The van der Waals surface area contributed by atoms with E-state index >= 15 is 0 Å². The third-order valence-electron chi connectivity index (χ3n) is 5.48. The maximum Gasteiger partial charge on any atom is 0.252 e. The lowest BCUT2D eigenvalue weighted by Crippen LogP contribution is -2.55. The van der Waals surface area contributed by atoms with Gasteiger partial charge in [0.25, 0.3) is 10.0 Å². The van der Waals surface area contributed by atoms with Crippen molar-refractivity contribution in [1.29, 1.82) is 0 Å². The summed E-state index contributed by atoms with van der Waals surface area (Å²) in [6, 6.07) is 3.50. The molecule has 0 aliphatic carbocycles. The van der Waals surface area contributed by atoms with Crippen LogP contribution in [0.3, 0.4) is 0 Å². The molecule has 0 bridgehead atoms. The second kappa shape index (κ2) is 7.96. The quantitative estimate of drug-likeness (QED) is 0.841. The van der Waals surface area contributed by atoms with Gasteiger partial charge in [-0.3, -0.25) is 4.79 Å². The van der Waals surface area contributed by atoms with Gasteiger partial charge in [-0.15, -0.1) is 11.3 Å². The van der Waals surface area contributed by atoms with E-state index in [2.05, 4.69) is 0 Å². The Bertz CT molecular complexity index is 745.